The normalized spacial score (nSPS) is 16.6. The van der Waals surface area contributed by atoms with Crippen LogP contribution in [-0.4, -0.2) is 76.9 Å². The molecule has 8 N–H and O–H groups in total. The molecule has 0 saturated carbocycles. The van der Waals surface area contributed by atoms with Crippen molar-refractivity contribution in [2.75, 3.05) is 13.1 Å². The molecule has 0 aromatic heterocycles. The average molecular weight is 497 g/mol. The molecule has 1 aromatic rings. The minimum Gasteiger partial charge on any atom is -0.426 e. The second-order valence-corrected chi connectivity index (χ2v) is 8.11. The van der Waals surface area contributed by atoms with Gasteiger partial charge in [0.05, 0.1) is 5.94 Å². The van der Waals surface area contributed by atoms with Crippen molar-refractivity contribution in [1.82, 2.24) is 15.5 Å². The van der Waals surface area contributed by atoms with Gasteiger partial charge in [0.15, 0.2) is 5.96 Å². The van der Waals surface area contributed by atoms with Gasteiger partial charge in [-0.15, -0.1) is 12.4 Å². The van der Waals surface area contributed by atoms with E-state index in [2.05, 4.69) is 15.6 Å². The molecule has 0 bridgehead atoms. The summed E-state index contributed by atoms with van der Waals surface area (Å²) in [6.07, 6.45) is 2.03. The van der Waals surface area contributed by atoms with Crippen LogP contribution < -0.4 is 22.1 Å². The Morgan fingerprint density at radius 1 is 1.21 bits per heavy atom. The van der Waals surface area contributed by atoms with Crippen molar-refractivity contribution in [1.29, 1.82) is 0 Å². The molecule has 1 aromatic carbocycles. The van der Waals surface area contributed by atoms with Crippen LogP contribution in [0.2, 0.25) is 0 Å². The van der Waals surface area contributed by atoms with E-state index in [9.17, 15) is 24.4 Å². The number of carbonyl (C=O) groups excluding carboxylic acids is 3. The van der Waals surface area contributed by atoms with Crippen molar-refractivity contribution in [2.24, 2.45) is 16.5 Å². The van der Waals surface area contributed by atoms with E-state index >= 15 is 0 Å². The van der Waals surface area contributed by atoms with Crippen molar-refractivity contribution in [3.63, 3.8) is 0 Å². The monoisotopic (exact) mass is 496 g/mol. The van der Waals surface area contributed by atoms with Crippen LogP contribution in [0.15, 0.2) is 35.3 Å². The zero-order valence-corrected chi connectivity index (χ0v) is 20.0. The van der Waals surface area contributed by atoms with Gasteiger partial charge in [0.25, 0.3) is 0 Å². The number of guanidine groups is 1. The number of halogens is 1. The van der Waals surface area contributed by atoms with E-state index < -0.39 is 31.1 Å². The number of likely N-dealkylation sites (tertiary alicyclic amines) is 1. The minimum absolute atomic E-state index is 0. The van der Waals surface area contributed by atoms with Gasteiger partial charge in [-0.3, -0.25) is 19.4 Å². The van der Waals surface area contributed by atoms with Gasteiger partial charge in [-0.1, -0.05) is 30.3 Å². The van der Waals surface area contributed by atoms with Crippen molar-refractivity contribution in [3.8, 4) is 0 Å². The topological polar surface area (TPSA) is 183 Å². The molecule has 2 rings (SSSR count). The summed E-state index contributed by atoms with van der Waals surface area (Å²) in [5.41, 5.74) is 11.4. The SMILES string of the molecule is CC(=O)N[C@H](Cc1ccccc1)C(=O)N1CCC[C@H]1C(=O)N[C@@H](CCCN=C(N)N)B(O)O.Cl. The van der Waals surface area contributed by atoms with E-state index in [1.807, 2.05) is 30.3 Å². The van der Waals surface area contributed by atoms with Gasteiger partial charge in [0.1, 0.15) is 12.1 Å². The van der Waals surface area contributed by atoms with E-state index in [4.69, 9.17) is 11.5 Å². The van der Waals surface area contributed by atoms with Gasteiger partial charge >= 0.3 is 7.12 Å². The van der Waals surface area contributed by atoms with Gasteiger partial charge in [-0.05, 0) is 31.2 Å². The van der Waals surface area contributed by atoms with Gasteiger partial charge in [-0.2, -0.15) is 0 Å². The number of carbonyl (C=O) groups is 3. The van der Waals surface area contributed by atoms with Crippen LogP contribution in [-0.2, 0) is 20.8 Å². The standard InChI is InChI=1S/C21H33BN6O5.ClH/c1-14(29)26-16(13-15-7-3-2-4-8-15)20(31)28-12-6-9-17(28)19(30)27-18(22(32)33)10-5-11-25-21(23)24;/h2-4,7-8,16-18,32-33H,5-6,9-13H2,1H3,(H,26,29)(H,27,30)(H4,23,24,25);1H/t16-,17+,18+;/m1./s1. The van der Waals surface area contributed by atoms with Crippen LogP contribution in [0.1, 0.15) is 38.2 Å². The second-order valence-electron chi connectivity index (χ2n) is 8.11. The predicted molar refractivity (Wildman–Crippen MR) is 132 cm³/mol. The highest BCUT2D eigenvalue weighted by molar-refractivity contribution is 6.43. The van der Waals surface area contributed by atoms with E-state index in [1.165, 1.54) is 11.8 Å². The van der Waals surface area contributed by atoms with Crippen LogP contribution in [0, 0.1) is 0 Å². The maximum absolute atomic E-state index is 13.3. The molecule has 1 aliphatic heterocycles. The van der Waals surface area contributed by atoms with Crippen molar-refractivity contribution >= 4 is 43.2 Å². The lowest BCUT2D eigenvalue weighted by molar-refractivity contribution is -0.141. The lowest BCUT2D eigenvalue weighted by Gasteiger charge is -2.30. The zero-order chi connectivity index (χ0) is 24.4. The van der Waals surface area contributed by atoms with Crippen molar-refractivity contribution in [2.45, 2.75) is 57.1 Å². The zero-order valence-electron chi connectivity index (χ0n) is 19.2. The third-order valence-corrected chi connectivity index (χ3v) is 5.45. The van der Waals surface area contributed by atoms with E-state index in [0.29, 0.717) is 32.2 Å². The van der Waals surface area contributed by atoms with E-state index in [0.717, 1.165) is 5.56 Å². The molecule has 0 aliphatic carbocycles. The lowest BCUT2D eigenvalue weighted by atomic mass is 9.76. The molecule has 0 radical (unpaired) electrons. The summed E-state index contributed by atoms with van der Waals surface area (Å²) in [6, 6.07) is 7.73. The van der Waals surface area contributed by atoms with E-state index in [-0.39, 0.29) is 43.1 Å². The Kier molecular flexibility index (Phi) is 12.4. The molecule has 0 spiro atoms. The molecular formula is C21H34BClN6O5. The average Bonchev–Trinajstić information content (AvgIpc) is 3.25. The highest BCUT2D eigenvalue weighted by Crippen LogP contribution is 2.20. The summed E-state index contributed by atoms with van der Waals surface area (Å²) in [5.74, 6) is -2.15. The highest BCUT2D eigenvalue weighted by Gasteiger charge is 2.39. The Bertz CT molecular complexity index is 840. The maximum Gasteiger partial charge on any atom is 0.475 e. The predicted octanol–water partition coefficient (Wildman–Crippen LogP) is -1.30. The number of aliphatic imine (C=N–C) groups is 1. The smallest absolute Gasteiger partial charge is 0.426 e. The van der Waals surface area contributed by atoms with Crippen LogP contribution >= 0.6 is 12.4 Å². The highest BCUT2D eigenvalue weighted by atomic mass is 35.5. The molecule has 3 amide bonds. The first-order valence-electron chi connectivity index (χ1n) is 11.0. The fourth-order valence-corrected chi connectivity index (χ4v) is 3.89. The molecule has 3 atom stereocenters. The maximum atomic E-state index is 13.3. The number of nitrogens with one attached hydrogen (secondary N) is 2. The molecule has 1 fully saturated rings. The number of nitrogens with zero attached hydrogens (tertiary/aromatic N) is 2. The van der Waals surface area contributed by atoms with Crippen LogP contribution in [0.4, 0.5) is 0 Å². The molecule has 13 heteroatoms. The summed E-state index contributed by atoms with van der Waals surface area (Å²) < 4.78 is 0. The summed E-state index contributed by atoms with van der Waals surface area (Å²) in [5, 5.41) is 24.7. The van der Waals surface area contributed by atoms with Crippen molar-refractivity contribution < 1.29 is 24.4 Å². The minimum atomic E-state index is -1.77. The number of hydrogen-bond donors (Lipinski definition) is 6. The Hall–Kier alpha value is -2.83. The fourth-order valence-electron chi connectivity index (χ4n) is 3.89. The number of benzene rings is 1. The van der Waals surface area contributed by atoms with Gasteiger partial charge < -0.3 is 37.0 Å². The number of hydrogen-bond acceptors (Lipinski definition) is 6. The van der Waals surface area contributed by atoms with Gasteiger partial charge in [0.2, 0.25) is 17.7 Å². The number of nitrogens with two attached hydrogens (primary N) is 2. The molecule has 34 heavy (non-hydrogen) atoms. The Morgan fingerprint density at radius 3 is 2.47 bits per heavy atom. The third-order valence-electron chi connectivity index (χ3n) is 5.45. The van der Waals surface area contributed by atoms with Crippen LogP contribution in [0.5, 0.6) is 0 Å². The Balaban J connectivity index is 0.00000578. The van der Waals surface area contributed by atoms with Crippen LogP contribution in [0.3, 0.4) is 0 Å². The first-order chi connectivity index (χ1) is 15.7. The fraction of sp³-hybridized carbons (Fsp3) is 0.524. The molecular weight excluding hydrogens is 463 g/mol. The molecule has 0 unspecified atom stereocenters. The second kappa shape index (κ2) is 14.4. The lowest BCUT2D eigenvalue weighted by Crippen LogP contribution is -2.56. The number of rotatable bonds is 11. The Morgan fingerprint density at radius 2 is 1.88 bits per heavy atom. The first-order valence-corrected chi connectivity index (χ1v) is 11.0. The Labute approximate surface area is 205 Å². The number of amides is 3. The van der Waals surface area contributed by atoms with Crippen LogP contribution in [0.25, 0.3) is 0 Å². The molecule has 1 saturated heterocycles. The summed E-state index contributed by atoms with van der Waals surface area (Å²) in [7, 11) is -1.77. The summed E-state index contributed by atoms with van der Waals surface area (Å²) in [6.45, 7) is 2.00. The summed E-state index contributed by atoms with van der Waals surface area (Å²) in [4.78, 5) is 43.2. The van der Waals surface area contributed by atoms with Gasteiger partial charge in [-0.25, -0.2) is 0 Å². The van der Waals surface area contributed by atoms with Gasteiger partial charge in [0, 0.05) is 26.4 Å². The molecule has 1 aliphatic rings. The quantitative estimate of drug-likeness (QED) is 0.0951. The summed E-state index contributed by atoms with van der Waals surface area (Å²) >= 11 is 0. The van der Waals surface area contributed by atoms with Crippen molar-refractivity contribution in [3.05, 3.63) is 35.9 Å². The third kappa shape index (κ3) is 9.20. The molecule has 1 heterocycles. The molecule has 188 valence electrons. The molecule has 11 nitrogen and oxygen atoms in total. The largest absolute Gasteiger partial charge is 0.475 e. The first kappa shape index (κ1) is 29.2. The van der Waals surface area contributed by atoms with E-state index in [1.54, 1.807) is 0 Å².